The van der Waals surface area contributed by atoms with Gasteiger partial charge in [-0.2, -0.15) is 18.3 Å². The molecule has 0 unspecified atom stereocenters. The average molecular weight is 539 g/mol. The lowest BCUT2D eigenvalue weighted by Crippen LogP contribution is -2.10. The van der Waals surface area contributed by atoms with Gasteiger partial charge < -0.3 is 4.84 Å². The third-order valence-corrected chi connectivity index (χ3v) is 6.13. The van der Waals surface area contributed by atoms with Gasteiger partial charge in [0.1, 0.15) is 11.6 Å². The van der Waals surface area contributed by atoms with Crippen molar-refractivity contribution in [2.45, 2.75) is 22.7 Å². The Labute approximate surface area is 193 Å². The van der Waals surface area contributed by atoms with Gasteiger partial charge in [-0.3, -0.25) is 4.68 Å². The SMILES string of the molecule is Cn1nc(C(F)(F)F)c(CON=Cc2ccc(Cl)cc2Cl)c1Sc1ccc(Br)cc1. The van der Waals surface area contributed by atoms with Crippen molar-refractivity contribution >= 4 is 57.1 Å². The molecule has 0 bridgehead atoms. The van der Waals surface area contributed by atoms with Crippen LogP contribution in [0.15, 0.2) is 62.0 Å². The van der Waals surface area contributed by atoms with E-state index in [2.05, 4.69) is 26.2 Å². The van der Waals surface area contributed by atoms with E-state index in [-0.39, 0.29) is 5.56 Å². The monoisotopic (exact) mass is 537 g/mol. The standard InChI is InChI=1S/C19H13BrCl2F3N3OS/c1-28-18(30-14-6-3-12(20)4-7-14)15(17(27-28)19(23,24)25)10-29-26-9-11-2-5-13(21)8-16(11)22/h2-9H,10H2,1H3. The fourth-order valence-corrected chi connectivity index (χ4v) is 4.12. The summed E-state index contributed by atoms with van der Waals surface area (Å²) in [5.74, 6) is 0. The molecule has 1 aromatic heterocycles. The van der Waals surface area contributed by atoms with Gasteiger partial charge in [0.05, 0.1) is 16.8 Å². The van der Waals surface area contributed by atoms with Crippen molar-refractivity contribution in [1.29, 1.82) is 0 Å². The molecule has 0 radical (unpaired) electrons. The van der Waals surface area contributed by atoms with Crippen molar-refractivity contribution in [1.82, 2.24) is 9.78 Å². The van der Waals surface area contributed by atoms with Crippen molar-refractivity contribution < 1.29 is 18.0 Å². The van der Waals surface area contributed by atoms with Crippen LogP contribution in [0.2, 0.25) is 10.0 Å². The molecule has 1 heterocycles. The number of benzene rings is 2. The predicted molar refractivity (Wildman–Crippen MR) is 115 cm³/mol. The molecule has 0 spiro atoms. The van der Waals surface area contributed by atoms with Gasteiger partial charge in [0.25, 0.3) is 0 Å². The van der Waals surface area contributed by atoms with E-state index >= 15 is 0 Å². The number of alkyl halides is 3. The van der Waals surface area contributed by atoms with Crippen LogP contribution in [0.25, 0.3) is 0 Å². The molecule has 11 heteroatoms. The number of hydrogen-bond acceptors (Lipinski definition) is 4. The molecule has 0 atom stereocenters. The summed E-state index contributed by atoms with van der Waals surface area (Å²) >= 11 is 16.4. The topological polar surface area (TPSA) is 39.4 Å². The van der Waals surface area contributed by atoms with Crippen LogP contribution in [0.5, 0.6) is 0 Å². The maximum absolute atomic E-state index is 13.5. The minimum atomic E-state index is -4.63. The van der Waals surface area contributed by atoms with Crippen molar-refractivity contribution in [2.24, 2.45) is 12.2 Å². The van der Waals surface area contributed by atoms with Gasteiger partial charge in [-0.1, -0.05) is 62.1 Å². The van der Waals surface area contributed by atoms with Crippen LogP contribution in [-0.4, -0.2) is 16.0 Å². The Balaban J connectivity index is 1.84. The van der Waals surface area contributed by atoms with Crippen LogP contribution in [0.3, 0.4) is 0 Å². The summed E-state index contributed by atoms with van der Waals surface area (Å²) in [4.78, 5) is 5.92. The van der Waals surface area contributed by atoms with Crippen LogP contribution in [0, 0.1) is 0 Å². The lowest BCUT2D eigenvalue weighted by Gasteiger charge is -2.08. The highest BCUT2D eigenvalue weighted by molar-refractivity contribution is 9.10. The smallest absolute Gasteiger partial charge is 0.391 e. The van der Waals surface area contributed by atoms with Crippen molar-refractivity contribution in [3.63, 3.8) is 0 Å². The summed E-state index contributed by atoms with van der Waals surface area (Å²) in [6, 6.07) is 12.0. The summed E-state index contributed by atoms with van der Waals surface area (Å²) in [5, 5.41) is 8.51. The number of rotatable bonds is 6. The molecule has 0 aliphatic rings. The van der Waals surface area contributed by atoms with Gasteiger partial charge in [0.15, 0.2) is 5.69 Å². The molecule has 0 aliphatic heterocycles. The zero-order valence-corrected chi connectivity index (χ0v) is 19.2. The van der Waals surface area contributed by atoms with Gasteiger partial charge in [0.2, 0.25) is 0 Å². The molecular formula is C19H13BrCl2F3N3OS. The van der Waals surface area contributed by atoms with Crippen molar-refractivity contribution in [3.8, 4) is 0 Å². The summed E-state index contributed by atoms with van der Waals surface area (Å²) in [7, 11) is 1.46. The summed E-state index contributed by atoms with van der Waals surface area (Å²) < 4.78 is 42.5. The zero-order chi connectivity index (χ0) is 21.9. The molecule has 0 saturated carbocycles. The third kappa shape index (κ3) is 5.72. The highest BCUT2D eigenvalue weighted by atomic mass is 79.9. The average Bonchev–Trinajstić information content (AvgIpc) is 2.98. The molecule has 0 fully saturated rings. The van der Waals surface area contributed by atoms with Crippen LogP contribution in [0.1, 0.15) is 16.8 Å². The lowest BCUT2D eigenvalue weighted by atomic mass is 10.2. The number of aryl methyl sites for hydroxylation is 1. The van der Waals surface area contributed by atoms with Gasteiger partial charge in [-0.15, -0.1) is 0 Å². The van der Waals surface area contributed by atoms with Crippen LogP contribution >= 0.6 is 50.9 Å². The molecular weight excluding hydrogens is 526 g/mol. The van der Waals surface area contributed by atoms with E-state index in [0.29, 0.717) is 20.6 Å². The van der Waals surface area contributed by atoms with Gasteiger partial charge in [0, 0.05) is 27.0 Å². The van der Waals surface area contributed by atoms with Crippen molar-refractivity contribution in [2.75, 3.05) is 0 Å². The summed E-state index contributed by atoms with van der Waals surface area (Å²) in [5.41, 5.74) is -0.589. The fourth-order valence-electron chi connectivity index (χ4n) is 2.45. The maximum atomic E-state index is 13.5. The Hall–Kier alpha value is -1.68. The number of oxime groups is 1. The molecule has 0 N–H and O–H groups in total. The molecule has 2 aromatic carbocycles. The first-order valence-electron chi connectivity index (χ1n) is 8.32. The van der Waals surface area contributed by atoms with Gasteiger partial charge >= 0.3 is 6.18 Å². The second-order valence-electron chi connectivity index (χ2n) is 5.98. The Morgan fingerprint density at radius 2 is 1.90 bits per heavy atom. The summed E-state index contributed by atoms with van der Waals surface area (Å²) in [6.45, 7) is -0.413. The van der Waals surface area contributed by atoms with Crippen LogP contribution in [0.4, 0.5) is 13.2 Å². The molecule has 0 saturated heterocycles. The molecule has 3 rings (SSSR count). The van der Waals surface area contributed by atoms with E-state index in [1.54, 1.807) is 36.4 Å². The Morgan fingerprint density at radius 3 is 2.53 bits per heavy atom. The maximum Gasteiger partial charge on any atom is 0.435 e. The first kappa shape index (κ1) is 23.0. The Bertz CT molecular complexity index is 1070. The summed E-state index contributed by atoms with van der Waals surface area (Å²) in [6.07, 6.45) is -3.32. The predicted octanol–water partition coefficient (Wildman–Crippen LogP) is 7.21. The fraction of sp³-hybridized carbons (Fsp3) is 0.158. The molecule has 4 nitrogen and oxygen atoms in total. The van der Waals surface area contributed by atoms with E-state index in [9.17, 15) is 13.2 Å². The van der Waals surface area contributed by atoms with Crippen LogP contribution in [-0.2, 0) is 24.7 Å². The Kier molecular flexibility index (Phi) is 7.38. The molecule has 3 aromatic rings. The first-order chi connectivity index (χ1) is 14.1. The Morgan fingerprint density at radius 1 is 1.20 bits per heavy atom. The van der Waals surface area contributed by atoms with Gasteiger partial charge in [-0.05, 0) is 36.4 Å². The second kappa shape index (κ2) is 9.64. The number of hydrogen-bond donors (Lipinski definition) is 0. The van der Waals surface area contributed by atoms with Crippen LogP contribution < -0.4 is 0 Å². The number of nitrogens with zero attached hydrogens (tertiary/aromatic N) is 3. The normalized spacial score (nSPS) is 12.0. The highest BCUT2D eigenvalue weighted by Crippen LogP contribution is 2.39. The molecule has 30 heavy (non-hydrogen) atoms. The first-order valence-corrected chi connectivity index (χ1v) is 10.7. The van der Waals surface area contributed by atoms with E-state index in [1.165, 1.54) is 24.0 Å². The quantitative estimate of drug-likeness (QED) is 0.246. The second-order valence-corrected chi connectivity index (χ2v) is 8.80. The van der Waals surface area contributed by atoms with E-state index in [0.717, 1.165) is 21.1 Å². The third-order valence-electron chi connectivity index (χ3n) is 3.82. The minimum Gasteiger partial charge on any atom is -0.391 e. The lowest BCUT2D eigenvalue weighted by molar-refractivity contribution is -0.142. The molecule has 0 amide bonds. The number of halogens is 6. The molecule has 158 valence electrons. The van der Waals surface area contributed by atoms with E-state index in [4.69, 9.17) is 28.0 Å². The van der Waals surface area contributed by atoms with Crippen molar-refractivity contribution in [3.05, 3.63) is 73.8 Å². The minimum absolute atomic E-state index is 0.0997. The zero-order valence-electron chi connectivity index (χ0n) is 15.3. The van der Waals surface area contributed by atoms with E-state index in [1.807, 2.05) is 0 Å². The number of aromatic nitrogens is 2. The highest BCUT2D eigenvalue weighted by Gasteiger charge is 2.39. The van der Waals surface area contributed by atoms with E-state index < -0.39 is 18.5 Å². The molecule has 0 aliphatic carbocycles. The van der Waals surface area contributed by atoms with Gasteiger partial charge in [-0.25, -0.2) is 0 Å². The largest absolute Gasteiger partial charge is 0.435 e.